The topological polar surface area (TPSA) is 88.5 Å². The quantitative estimate of drug-likeness (QED) is 0.727. The van der Waals surface area contributed by atoms with Crippen LogP contribution in [0.25, 0.3) is 0 Å². The Kier molecular flexibility index (Phi) is 5.95. The van der Waals surface area contributed by atoms with Gasteiger partial charge in [-0.3, -0.25) is 4.79 Å². The van der Waals surface area contributed by atoms with E-state index >= 15 is 0 Å². The standard InChI is InChI=1S/C13H18N2O4/c1-9(2)19-7-3-6-14-12(16)10-4-5-11(13(17)18)15-8-10/h4-5,8-9H,3,6-7H2,1-2H3,(H,14,16)(H,17,18). The van der Waals surface area contributed by atoms with Crippen molar-refractivity contribution in [2.45, 2.75) is 26.4 Å². The Hall–Kier alpha value is -1.95. The minimum atomic E-state index is -1.11. The van der Waals surface area contributed by atoms with Gasteiger partial charge in [0.2, 0.25) is 0 Å². The third kappa shape index (κ3) is 5.48. The number of hydrogen-bond acceptors (Lipinski definition) is 4. The molecule has 19 heavy (non-hydrogen) atoms. The van der Waals surface area contributed by atoms with Gasteiger partial charge in [0.15, 0.2) is 0 Å². The summed E-state index contributed by atoms with van der Waals surface area (Å²) < 4.78 is 5.34. The highest BCUT2D eigenvalue weighted by molar-refractivity contribution is 5.94. The van der Waals surface area contributed by atoms with Gasteiger partial charge in [-0.1, -0.05) is 0 Å². The zero-order chi connectivity index (χ0) is 14.3. The van der Waals surface area contributed by atoms with Crippen molar-refractivity contribution in [1.82, 2.24) is 10.3 Å². The van der Waals surface area contributed by atoms with Gasteiger partial charge in [0, 0.05) is 19.3 Å². The van der Waals surface area contributed by atoms with Crippen LogP contribution in [0.4, 0.5) is 0 Å². The first-order valence-electron chi connectivity index (χ1n) is 6.10. The van der Waals surface area contributed by atoms with Crippen LogP contribution in [0.2, 0.25) is 0 Å². The number of carboxylic acid groups (broad SMARTS) is 1. The van der Waals surface area contributed by atoms with Crippen LogP contribution in [0, 0.1) is 0 Å². The molecule has 0 radical (unpaired) electrons. The smallest absolute Gasteiger partial charge is 0.354 e. The number of carboxylic acids is 1. The predicted molar refractivity (Wildman–Crippen MR) is 69.2 cm³/mol. The number of pyridine rings is 1. The number of hydrogen-bond donors (Lipinski definition) is 2. The van der Waals surface area contributed by atoms with E-state index in [1.165, 1.54) is 18.3 Å². The van der Waals surface area contributed by atoms with Crippen molar-refractivity contribution in [2.75, 3.05) is 13.2 Å². The number of nitrogens with one attached hydrogen (secondary N) is 1. The van der Waals surface area contributed by atoms with Crippen LogP contribution in [0.3, 0.4) is 0 Å². The number of nitrogens with zero attached hydrogens (tertiary/aromatic N) is 1. The maximum Gasteiger partial charge on any atom is 0.354 e. The van der Waals surface area contributed by atoms with E-state index in [-0.39, 0.29) is 17.7 Å². The molecule has 0 unspecified atom stereocenters. The summed E-state index contributed by atoms with van der Waals surface area (Å²) in [6.45, 7) is 5.00. The number of amides is 1. The molecule has 0 aliphatic rings. The first-order chi connectivity index (χ1) is 9.00. The maximum atomic E-state index is 11.7. The fourth-order valence-electron chi connectivity index (χ4n) is 1.35. The summed E-state index contributed by atoms with van der Waals surface area (Å²) in [6, 6.07) is 2.75. The van der Waals surface area contributed by atoms with Crippen LogP contribution >= 0.6 is 0 Å². The molecule has 0 spiro atoms. The van der Waals surface area contributed by atoms with Gasteiger partial charge in [-0.05, 0) is 32.4 Å². The van der Waals surface area contributed by atoms with Crippen molar-refractivity contribution in [3.8, 4) is 0 Å². The van der Waals surface area contributed by atoms with E-state index in [4.69, 9.17) is 9.84 Å². The second kappa shape index (κ2) is 7.48. The van der Waals surface area contributed by atoms with Gasteiger partial charge in [0.25, 0.3) is 5.91 Å². The third-order valence-corrected chi connectivity index (χ3v) is 2.30. The molecular formula is C13H18N2O4. The second-order valence-electron chi connectivity index (χ2n) is 4.27. The molecule has 0 aromatic carbocycles. The largest absolute Gasteiger partial charge is 0.477 e. The molecular weight excluding hydrogens is 248 g/mol. The molecule has 1 aromatic rings. The summed E-state index contributed by atoms with van der Waals surface area (Å²) in [5, 5.41) is 11.4. The highest BCUT2D eigenvalue weighted by Gasteiger charge is 2.08. The molecule has 0 saturated carbocycles. The van der Waals surface area contributed by atoms with Crippen LogP contribution < -0.4 is 5.32 Å². The number of rotatable bonds is 7. The summed E-state index contributed by atoms with van der Waals surface area (Å²) in [6.07, 6.45) is 2.16. The van der Waals surface area contributed by atoms with Gasteiger partial charge in [-0.25, -0.2) is 9.78 Å². The number of carbonyl (C=O) groups excluding carboxylic acids is 1. The first kappa shape index (κ1) is 15.1. The first-order valence-corrected chi connectivity index (χ1v) is 6.10. The summed E-state index contributed by atoms with van der Waals surface area (Å²) in [5.41, 5.74) is 0.261. The maximum absolute atomic E-state index is 11.7. The Morgan fingerprint density at radius 3 is 2.68 bits per heavy atom. The molecule has 0 saturated heterocycles. The number of aromatic carboxylic acids is 1. The number of aromatic nitrogens is 1. The van der Waals surface area contributed by atoms with E-state index in [9.17, 15) is 9.59 Å². The zero-order valence-electron chi connectivity index (χ0n) is 11.0. The van der Waals surface area contributed by atoms with Gasteiger partial charge >= 0.3 is 5.97 Å². The predicted octanol–water partition coefficient (Wildman–Crippen LogP) is 1.32. The minimum Gasteiger partial charge on any atom is -0.477 e. The summed E-state index contributed by atoms with van der Waals surface area (Å²) >= 11 is 0. The van der Waals surface area contributed by atoms with Gasteiger partial charge in [-0.15, -0.1) is 0 Å². The lowest BCUT2D eigenvalue weighted by molar-refractivity contribution is 0.0688. The van der Waals surface area contributed by atoms with Crippen LogP contribution in [0.1, 0.15) is 41.1 Å². The van der Waals surface area contributed by atoms with Crippen LogP contribution in [0.5, 0.6) is 0 Å². The molecule has 0 atom stereocenters. The number of ether oxygens (including phenoxy) is 1. The van der Waals surface area contributed by atoms with Gasteiger partial charge in [-0.2, -0.15) is 0 Å². The highest BCUT2D eigenvalue weighted by Crippen LogP contribution is 2.00. The van der Waals surface area contributed by atoms with Crippen LogP contribution in [-0.2, 0) is 4.74 Å². The molecule has 0 aliphatic heterocycles. The lowest BCUT2D eigenvalue weighted by atomic mass is 10.2. The lowest BCUT2D eigenvalue weighted by Crippen LogP contribution is -2.25. The second-order valence-corrected chi connectivity index (χ2v) is 4.27. The van der Waals surface area contributed by atoms with Crippen molar-refractivity contribution in [2.24, 2.45) is 0 Å². The van der Waals surface area contributed by atoms with Crippen molar-refractivity contribution in [3.05, 3.63) is 29.6 Å². The van der Waals surface area contributed by atoms with Gasteiger partial charge < -0.3 is 15.2 Å². The summed E-state index contributed by atoms with van der Waals surface area (Å²) in [5.74, 6) is -1.38. The van der Waals surface area contributed by atoms with Crippen LogP contribution in [-0.4, -0.2) is 41.2 Å². The van der Waals surface area contributed by atoms with E-state index in [0.717, 1.165) is 6.42 Å². The van der Waals surface area contributed by atoms with E-state index < -0.39 is 5.97 Å². The Labute approximate surface area is 111 Å². The van der Waals surface area contributed by atoms with E-state index in [2.05, 4.69) is 10.3 Å². The Balaban J connectivity index is 2.35. The molecule has 0 fully saturated rings. The Morgan fingerprint density at radius 1 is 1.42 bits per heavy atom. The molecule has 6 heteroatoms. The average Bonchev–Trinajstić information content (AvgIpc) is 2.37. The van der Waals surface area contributed by atoms with Crippen LogP contribution in [0.15, 0.2) is 18.3 Å². The SMILES string of the molecule is CC(C)OCCCNC(=O)c1ccc(C(=O)O)nc1. The molecule has 1 heterocycles. The average molecular weight is 266 g/mol. The molecule has 2 N–H and O–H groups in total. The number of carbonyl (C=O) groups is 2. The zero-order valence-corrected chi connectivity index (χ0v) is 11.0. The normalized spacial score (nSPS) is 10.5. The van der Waals surface area contributed by atoms with E-state index in [1.807, 2.05) is 13.8 Å². The van der Waals surface area contributed by atoms with Crippen molar-refractivity contribution >= 4 is 11.9 Å². The minimum absolute atomic E-state index is 0.0816. The fraction of sp³-hybridized carbons (Fsp3) is 0.462. The summed E-state index contributed by atoms with van der Waals surface area (Å²) in [7, 11) is 0. The lowest BCUT2D eigenvalue weighted by Gasteiger charge is -2.08. The van der Waals surface area contributed by atoms with Crippen molar-refractivity contribution in [3.63, 3.8) is 0 Å². The fourth-order valence-corrected chi connectivity index (χ4v) is 1.35. The monoisotopic (exact) mass is 266 g/mol. The molecule has 0 bridgehead atoms. The van der Waals surface area contributed by atoms with Gasteiger partial charge in [0.1, 0.15) is 5.69 Å². The van der Waals surface area contributed by atoms with E-state index in [1.54, 1.807) is 0 Å². The Morgan fingerprint density at radius 2 is 2.16 bits per heavy atom. The molecule has 6 nitrogen and oxygen atoms in total. The van der Waals surface area contributed by atoms with Crippen molar-refractivity contribution in [1.29, 1.82) is 0 Å². The summed E-state index contributed by atoms with van der Waals surface area (Å²) in [4.78, 5) is 26.0. The molecule has 1 aromatic heterocycles. The molecule has 0 aliphatic carbocycles. The van der Waals surface area contributed by atoms with Crippen molar-refractivity contribution < 1.29 is 19.4 Å². The van der Waals surface area contributed by atoms with E-state index in [0.29, 0.717) is 18.7 Å². The molecule has 1 amide bonds. The Bertz CT molecular complexity index is 429. The third-order valence-electron chi connectivity index (χ3n) is 2.30. The highest BCUT2D eigenvalue weighted by atomic mass is 16.5. The van der Waals surface area contributed by atoms with Gasteiger partial charge in [0.05, 0.1) is 11.7 Å². The molecule has 1 rings (SSSR count). The molecule has 104 valence electrons.